The van der Waals surface area contributed by atoms with E-state index in [1.165, 1.54) is 11.1 Å². The molecule has 0 heterocycles. The van der Waals surface area contributed by atoms with Gasteiger partial charge in [-0.1, -0.05) is 74.5 Å². The molecular formula is C26H26O2. The van der Waals surface area contributed by atoms with Crippen molar-refractivity contribution in [3.8, 4) is 11.5 Å². The van der Waals surface area contributed by atoms with Crippen LogP contribution in [0.5, 0.6) is 11.5 Å². The Morgan fingerprint density at radius 1 is 0.536 bits per heavy atom. The number of aromatic hydroxyl groups is 2. The van der Waals surface area contributed by atoms with E-state index < -0.39 is 0 Å². The average Bonchev–Trinajstić information content (AvgIpc) is 2.75. The van der Waals surface area contributed by atoms with Gasteiger partial charge in [0, 0.05) is 10.8 Å². The molecule has 0 amide bonds. The molecule has 0 aliphatic heterocycles. The molecule has 0 spiro atoms. The van der Waals surface area contributed by atoms with Gasteiger partial charge >= 0.3 is 0 Å². The van der Waals surface area contributed by atoms with Crippen molar-refractivity contribution < 1.29 is 10.2 Å². The van der Waals surface area contributed by atoms with Crippen molar-refractivity contribution in [1.82, 2.24) is 0 Å². The fourth-order valence-corrected chi connectivity index (χ4v) is 4.22. The summed E-state index contributed by atoms with van der Waals surface area (Å²) < 4.78 is 0. The fraction of sp³-hybridized carbons (Fsp3) is 0.231. The zero-order valence-corrected chi connectivity index (χ0v) is 16.5. The highest BCUT2D eigenvalue weighted by molar-refractivity contribution is 5.93. The molecule has 0 aliphatic rings. The molecule has 0 aliphatic carbocycles. The second-order valence-electron chi connectivity index (χ2n) is 7.39. The van der Waals surface area contributed by atoms with E-state index in [1.54, 1.807) is 0 Å². The van der Waals surface area contributed by atoms with Crippen molar-refractivity contribution >= 4 is 21.5 Å². The van der Waals surface area contributed by atoms with Gasteiger partial charge in [0.05, 0.1) is 0 Å². The Morgan fingerprint density at radius 2 is 0.893 bits per heavy atom. The normalized spacial score (nSPS) is 11.4. The Labute approximate surface area is 166 Å². The number of hydrogen-bond donors (Lipinski definition) is 2. The molecule has 4 aromatic rings. The second-order valence-corrected chi connectivity index (χ2v) is 7.39. The Balaban J connectivity index is 1.79. The third-order valence-electron chi connectivity index (χ3n) is 5.79. The predicted molar refractivity (Wildman–Crippen MR) is 117 cm³/mol. The number of phenolic OH excluding ortho intramolecular Hbond substituents is 2. The molecule has 4 aromatic carbocycles. The molecular weight excluding hydrogens is 344 g/mol. The number of hydrogen-bond acceptors (Lipinski definition) is 2. The molecule has 28 heavy (non-hydrogen) atoms. The van der Waals surface area contributed by atoms with Gasteiger partial charge in [-0.3, -0.25) is 0 Å². The first kappa shape index (κ1) is 18.4. The van der Waals surface area contributed by atoms with Gasteiger partial charge in [-0.05, 0) is 58.7 Å². The molecule has 0 bridgehead atoms. The lowest BCUT2D eigenvalue weighted by Crippen LogP contribution is -1.98. The predicted octanol–water partition coefficient (Wildman–Crippen LogP) is 6.31. The monoisotopic (exact) mass is 370 g/mol. The SMILES string of the molecule is CCc1cc(CCc2cc(CC)c(O)c3ccccc23)c2ccccc2c1O. The van der Waals surface area contributed by atoms with E-state index in [2.05, 4.69) is 38.1 Å². The number of phenols is 2. The molecule has 0 fully saturated rings. The van der Waals surface area contributed by atoms with Gasteiger partial charge in [0.1, 0.15) is 11.5 Å². The minimum absolute atomic E-state index is 0.408. The van der Waals surface area contributed by atoms with Gasteiger partial charge in [-0.15, -0.1) is 0 Å². The number of benzene rings is 4. The minimum Gasteiger partial charge on any atom is -0.507 e. The topological polar surface area (TPSA) is 40.5 Å². The summed E-state index contributed by atoms with van der Waals surface area (Å²) in [6, 6.07) is 20.5. The van der Waals surface area contributed by atoms with Crippen LogP contribution < -0.4 is 0 Å². The lowest BCUT2D eigenvalue weighted by molar-refractivity contribution is 0.474. The molecule has 0 saturated heterocycles. The van der Waals surface area contributed by atoms with Crippen molar-refractivity contribution in [3.63, 3.8) is 0 Å². The quantitative estimate of drug-likeness (QED) is 0.432. The lowest BCUT2D eigenvalue weighted by Gasteiger charge is -2.15. The number of fused-ring (bicyclic) bond motifs is 2. The summed E-state index contributed by atoms with van der Waals surface area (Å²) >= 11 is 0. The summed E-state index contributed by atoms with van der Waals surface area (Å²) in [7, 11) is 0. The molecule has 142 valence electrons. The Hall–Kier alpha value is -3.00. The van der Waals surface area contributed by atoms with Crippen LogP contribution in [0, 0.1) is 0 Å². The van der Waals surface area contributed by atoms with E-state index in [-0.39, 0.29) is 0 Å². The van der Waals surface area contributed by atoms with Crippen molar-refractivity contribution in [3.05, 3.63) is 82.9 Å². The van der Waals surface area contributed by atoms with Crippen LogP contribution >= 0.6 is 0 Å². The molecule has 0 aromatic heterocycles. The first-order chi connectivity index (χ1) is 13.6. The van der Waals surface area contributed by atoms with Crippen LogP contribution in [-0.4, -0.2) is 10.2 Å². The number of rotatable bonds is 5. The maximum Gasteiger partial charge on any atom is 0.126 e. The Bertz CT molecular complexity index is 1060. The van der Waals surface area contributed by atoms with Gasteiger partial charge in [0.2, 0.25) is 0 Å². The third-order valence-corrected chi connectivity index (χ3v) is 5.79. The molecule has 0 saturated carbocycles. The van der Waals surface area contributed by atoms with Gasteiger partial charge in [0.25, 0.3) is 0 Å². The van der Waals surface area contributed by atoms with E-state index in [0.717, 1.165) is 58.4 Å². The van der Waals surface area contributed by atoms with Crippen LogP contribution in [0.1, 0.15) is 36.1 Å². The van der Waals surface area contributed by atoms with Gasteiger partial charge in [-0.2, -0.15) is 0 Å². The van der Waals surface area contributed by atoms with Crippen LogP contribution in [0.4, 0.5) is 0 Å². The highest BCUT2D eigenvalue weighted by Crippen LogP contribution is 2.35. The highest BCUT2D eigenvalue weighted by atomic mass is 16.3. The van der Waals surface area contributed by atoms with Gasteiger partial charge in [0.15, 0.2) is 0 Å². The third kappa shape index (κ3) is 3.09. The summed E-state index contributed by atoms with van der Waals surface area (Å²) in [5.74, 6) is 0.815. The Morgan fingerprint density at radius 3 is 1.25 bits per heavy atom. The molecule has 4 rings (SSSR count). The first-order valence-corrected chi connectivity index (χ1v) is 10.1. The summed E-state index contributed by atoms with van der Waals surface area (Å²) in [4.78, 5) is 0. The van der Waals surface area contributed by atoms with Crippen molar-refractivity contribution in [2.24, 2.45) is 0 Å². The number of aryl methyl sites for hydroxylation is 4. The van der Waals surface area contributed by atoms with E-state index in [0.29, 0.717) is 11.5 Å². The van der Waals surface area contributed by atoms with Crippen LogP contribution in [0.25, 0.3) is 21.5 Å². The standard InChI is InChI=1S/C26H26O2/c1-3-17-15-19(21-9-5-7-11-23(21)25(17)27)13-14-20-16-18(4-2)26(28)24-12-8-6-10-22(20)24/h5-12,15-16,27-28H,3-4,13-14H2,1-2H3. The smallest absolute Gasteiger partial charge is 0.126 e. The largest absolute Gasteiger partial charge is 0.507 e. The molecule has 2 heteroatoms. The molecule has 0 unspecified atom stereocenters. The van der Waals surface area contributed by atoms with Crippen molar-refractivity contribution in [2.45, 2.75) is 39.5 Å². The molecule has 0 radical (unpaired) electrons. The summed E-state index contributed by atoms with van der Waals surface area (Å²) in [6.07, 6.45) is 3.41. The van der Waals surface area contributed by atoms with Gasteiger partial charge < -0.3 is 10.2 Å². The fourth-order valence-electron chi connectivity index (χ4n) is 4.22. The van der Waals surface area contributed by atoms with Crippen molar-refractivity contribution in [2.75, 3.05) is 0 Å². The van der Waals surface area contributed by atoms with Crippen LogP contribution in [0.3, 0.4) is 0 Å². The maximum atomic E-state index is 10.6. The zero-order chi connectivity index (χ0) is 19.7. The average molecular weight is 370 g/mol. The highest BCUT2D eigenvalue weighted by Gasteiger charge is 2.13. The van der Waals surface area contributed by atoms with Crippen molar-refractivity contribution in [1.29, 1.82) is 0 Å². The van der Waals surface area contributed by atoms with E-state index in [1.807, 2.05) is 36.4 Å². The molecule has 0 atom stereocenters. The summed E-state index contributed by atoms with van der Waals surface area (Å²) in [6.45, 7) is 4.16. The van der Waals surface area contributed by atoms with Crippen LogP contribution in [0.15, 0.2) is 60.7 Å². The second kappa shape index (κ2) is 7.55. The van der Waals surface area contributed by atoms with Crippen LogP contribution in [0.2, 0.25) is 0 Å². The Kier molecular flexibility index (Phi) is 4.95. The minimum atomic E-state index is 0.408. The molecule has 2 N–H and O–H groups in total. The van der Waals surface area contributed by atoms with Gasteiger partial charge in [-0.25, -0.2) is 0 Å². The van der Waals surface area contributed by atoms with E-state index in [9.17, 15) is 10.2 Å². The maximum absolute atomic E-state index is 10.6. The zero-order valence-electron chi connectivity index (χ0n) is 16.5. The van der Waals surface area contributed by atoms with Crippen LogP contribution in [-0.2, 0) is 25.7 Å². The summed E-state index contributed by atoms with van der Waals surface area (Å²) in [5, 5.41) is 25.2. The summed E-state index contributed by atoms with van der Waals surface area (Å²) in [5.41, 5.74) is 4.53. The van der Waals surface area contributed by atoms with E-state index in [4.69, 9.17) is 0 Å². The molecule has 2 nitrogen and oxygen atoms in total. The van der Waals surface area contributed by atoms with E-state index >= 15 is 0 Å². The first-order valence-electron chi connectivity index (χ1n) is 10.1. The lowest BCUT2D eigenvalue weighted by atomic mass is 9.91.